The lowest BCUT2D eigenvalue weighted by Gasteiger charge is -2.39. The number of hydrogen-bond acceptors (Lipinski definition) is 2. The summed E-state index contributed by atoms with van der Waals surface area (Å²) in [5.41, 5.74) is 0.986. The minimum Gasteiger partial charge on any atom is -0.366 e. The molecule has 2 nitrogen and oxygen atoms in total. The molecule has 1 saturated heterocycles. The standard InChI is InChI=1S/C15H20FNO/c1-10-7-8-11(2)17(9-10)15-13(12(3)18)5-4-6-14(15)16/h4-6,10-11H,7-9H2,1-3H3. The van der Waals surface area contributed by atoms with Crippen molar-refractivity contribution in [2.75, 3.05) is 11.4 Å². The second-order valence-electron chi connectivity index (χ2n) is 5.38. The Balaban J connectivity index is 2.45. The Morgan fingerprint density at radius 3 is 2.72 bits per heavy atom. The third-order valence-corrected chi connectivity index (χ3v) is 3.77. The Kier molecular flexibility index (Phi) is 3.69. The summed E-state index contributed by atoms with van der Waals surface area (Å²) in [6.07, 6.45) is 2.22. The molecule has 0 N–H and O–H groups in total. The van der Waals surface area contributed by atoms with Crippen LogP contribution in [0.3, 0.4) is 0 Å². The van der Waals surface area contributed by atoms with Crippen molar-refractivity contribution in [2.24, 2.45) is 5.92 Å². The first-order valence-electron chi connectivity index (χ1n) is 6.56. The van der Waals surface area contributed by atoms with Crippen molar-refractivity contribution in [1.29, 1.82) is 0 Å². The maximum absolute atomic E-state index is 14.1. The Bertz CT molecular complexity index is 458. The molecule has 1 aliphatic heterocycles. The van der Waals surface area contributed by atoms with Crippen LogP contribution in [0.25, 0.3) is 0 Å². The van der Waals surface area contributed by atoms with Gasteiger partial charge in [-0.25, -0.2) is 4.39 Å². The molecule has 0 aromatic heterocycles. The van der Waals surface area contributed by atoms with Crippen LogP contribution in [-0.2, 0) is 0 Å². The number of rotatable bonds is 2. The van der Waals surface area contributed by atoms with E-state index in [0.717, 1.165) is 13.0 Å². The van der Waals surface area contributed by atoms with Gasteiger partial charge in [0.05, 0.1) is 5.69 Å². The lowest BCUT2D eigenvalue weighted by Crippen LogP contribution is -2.42. The topological polar surface area (TPSA) is 20.3 Å². The van der Waals surface area contributed by atoms with Crippen LogP contribution in [0.15, 0.2) is 18.2 Å². The largest absolute Gasteiger partial charge is 0.366 e. The number of hydrogen-bond donors (Lipinski definition) is 0. The lowest BCUT2D eigenvalue weighted by molar-refractivity contribution is 0.101. The van der Waals surface area contributed by atoms with Gasteiger partial charge in [-0.1, -0.05) is 13.0 Å². The summed E-state index contributed by atoms with van der Waals surface area (Å²) in [6.45, 7) is 6.59. The number of carbonyl (C=O) groups is 1. The van der Waals surface area contributed by atoms with Gasteiger partial charge in [0.1, 0.15) is 5.82 Å². The van der Waals surface area contributed by atoms with Crippen LogP contribution in [0.1, 0.15) is 44.0 Å². The summed E-state index contributed by atoms with van der Waals surface area (Å²) >= 11 is 0. The summed E-state index contributed by atoms with van der Waals surface area (Å²) in [5, 5.41) is 0. The van der Waals surface area contributed by atoms with Gasteiger partial charge in [-0.3, -0.25) is 4.79 Å². The molecule has 2 unspecified atom stereocenters. The van der Waals surface area contributed by atoms with Gasteiger partial charge in [-0.15, -0.1) is 0 Å². The van der Waals surface area contributed by atoms with E-state index in [1.165, 1.54) is 19.4 Å². The van der Waals surface area contributed by atoms with E-state index in [2.05, 4.69) is 18.7 Å². The SMILES string of the molecule is CC(=O)c1cccc(F)c1N1CC(C)CCC1C. The van der Waals surface area contributed by atoms with Gasteiger partial charge in [-0.2, -0.15) is 0 Å². The molecule has 0 aliphatic carbocycles. The maximum Gasteiger partial charge on any atom is 0.161 e. The van der Waals surface area contributed by atoms with Crippen molar-refractivity contribution in [2.45, 2.75) is 39.7 Å². The molecule has 1 fully saturated rings. The Morgan fingerprint density at radius 2 is 2.06 bits per heavy atom. The van der Waals surface area contributed by atoms with E-state index in [0.29, 0.717) is 17.2 Å². The summed E-state index contributed by atoms with van der Waals surface area (Å²) in [7, 11) is 0. The molecule has 1 aromatic carbocycles. The Hall–Kier alpha value is -1.38. The molecule has 18 heavy (non-hydrogen) atoms. The quantitative estimate of drug-likeness (QED) is 0.746. The monoisotopic (exact) mass is 249 g/mol. The van der Waals surface area contributed by atoms with E-state index in [4.69, 9.17) is 0 Å². The van der Waals surface area contributed by atoms with Crippen molar-refractivity contribution in [3.8, 4) is 0 Å². The van der Waals surface area contributed by atoms with Gasteiger partial charge in [0.15, 0.2) is 5.78 Å². The number of nitrogens with zero attached hydrogens (tertiary/aromatic N) is 1. The summed E-state index contributed by atoms with van der Waals surface area (Å²) < 4.78 is 14.1. The molecule has 3 heteroatoms. The maximum atomic E-state index is 14.1. The number of halogens is 1. The first kappa shape index (κ1) is 13.1. The Morgan fingerprint density at radius 1 is 1.33 bits per heavy atom. The zero-order valence-electron chi connectivity index (χ0n) is 11.2. The van der Waals surface area contributed by atoms with Crippen molar-refractivity contribution in [1.82, 2.24) is 0 Å². The number of anilines is 1. The minimum atomic E-state index is -0.288. The Labute approximate surface area is 108 Å². The van der Waals surface area contributed by atoms with E-state index >= 15 is 0 Å². The lowest BCUT2D eigenvalue weighted by atomic mass is 9.93. The predicted octanol–water partition coefficient (Wildman–Crippen LogP) is 3.65. The first-order chi connectivity index (χ1) is 8.50. The minimum absolute atomic E-state index is 0.0741. The van der Waals surface area contributed by atoms with Crippen LogP contribution in [0.2, 0.25) is 0 Å². The highest BCUT2D eigenvalue weighted by Gasteiger charge is 2.27. The summed E-state index contributed by atoms with van der Waals surface area (Å²) in [6, 6.07) is 5.05. The van der Waals surface area contributed by atoms with Gasteiger partial charge in [-0.05, 0) is 44.7 Å². The smallest absolute Gasteiger partial charge is 0.161 e. The zero-order valence-corrected chi connectivity index (χ0v) is 11.2. The number of piperidine rings is 1. The van der Waals surface area contributed by atoms with Crippen LogP contribution in [0.4, 0.5) is 10.1 Å². The average molecular weight is 249 g/mol. The van der Waals surface area contributed by atoms with E-state index in [1.54, 1.807) is 12.1 Å². The van der Waals surface area contributed by atoms with Crippen LogP contribution >= 0.6 is 0 Å². The average Bonchev–Trinajstić information content (AvgIpc) is 2.32. The zero-order chi connectivity index (χ0) is 13.3. The molecular weight excluding hydrogens is 229 g/mol. The van der Waals surface area contributed by atoms with Crippen LogP contribution in [-0.4, -0.2) is 18.4 Å². The second kappa shape index (κ2) is 5.09. The summed E-state index contributed by atoms with van der Waals surface area (Å²) in [4.78, 5) is 13.7. The molecule has 2 rings (SSSR count). The van der Waals surface area contributed by atoms with Gasteiger partial charge in [0, 0.05) is 18.2 Å². The molecule has 1 aromatic rings. The highest BCUT2D eigenvalue weighted by atomic mass is 19.1. The van der Waals surface area contributed by atoms with E-state index in [9.17, 15) is 9.18 Å². The molecule has 0 amide bonds. The molecule has 1 heterocycles. The molecule has 0 saturated carbocycles. The normalized spacial score (nSPS) is 24.1. The van der Waals surface area contributed by atoms with Crippen molar-refractivity contribution >= 4 is 11.5 Å². The molecular formula is C15H20FNO. The van der Waals surface area contributed by atoms with Gasteiger partial charge in [0.2, 0.25) is 0 Å². The third-order valence-electron chi connectivity index (χ3n) is 3.77. The number of benzene rings is 1. The highest BCUT2D eigenvalue weighted by molar-refractivity contribution is 5.99. The molecule has 0 bridgehead atoms. The number of Topliss-reactive ketones (excluding diaryl/α,β-unsaturated/α-hetero) is 1. The predicted molar refractivity (Wildman–Crippen MR) is 71.6 cm³/mol. The molecule has 1 aliphatic rings. The van der Waals surface area contributed by atoms with Crippen molar-refractivity contribution < 1.29 is 9.18 Å². The first-order valence-corrected chi connectivity index (χ1v) is 6.56. The third kappa shape index (κ3) is 2.40. The molecule has 98 valence electrons. The molecule has 2 atom stereocenters. The van der Waals surface area contributed by atoms with E-state index in [1.807, 2.05) is 0 Å². The van der Waals surface area contributed by atoms with Crippen molar-refractivity contribution in [3.05, 3.63) is 29.6 Å². The van der Waals surface area contributed by atoms with Gasteiger partial charge in [0.25, 0.3) is 0 Å². The highest BCUT2D eigenvalue weighted by Crippen LogP contribution is 2.32. The van der Waals surface area contributed by atoms with Crippen molar-refractivity contribution in [3.63, 3.8) is 0 Å². The summed E-state index contributed by atoms with van der Waals surface area (Å²) in [5.74, 6) is 0.180. The van der Waals surface area contributed by atoms with E-state index in [-0.39, 0.29) is 17.6 Å². The fourth-order valence-corrected chi connectivity index (χ4v) is 2.69. The number of para-hydroxylation sites is 1. The second-order valence-corrected chi connectivity index (χ2v) is 5.38. The van der Waals surface area contributed by atoms with Crippen LogP contribution < -0.4 is 4.90 Å². The van der Waals surface area contributed by atoms with Gasteiger partial charge >= 0.3 is 0 Å². The van der Waals surface area contributed by atoms with Crippen LogP contribution in [0.5, 0.6) is 0 Å². The van der Waals surface area contributed by atoms with Crippen LogP contribution in [0, 0.1) is 11.7 Å². The fraction of sp³-hybridized carbons (Fsp3) is 0.533. The van der Waals surface area contributed by atoms with Gasteiger partial charge < -0.3 is 4.90 Å². The number of carbonyl (C=O) groups excluding carboxylic acids is 1. The number of ketones is 1. The fourth-order valence-electron chi connectivity index (χ4n) is 2.69. The molecule has 0 spiro atoms. The van der Waals surface area contributed by atoms with E-state index < -0.39 is 0 Å². The molecule has 0 radical (unpaired) electrons.